The van der Waals surface area contributed by atoms with Crippen molar-refractivity contribution in [3.63, 3.8) is 0 Å². The minimum atomic E-state index is 0.191. The van der Waals surface area contributed by atoms with E-state index in [1.807, 2.05) is 24.3 Å². The van der Waals surface area contributed by atoms with Crippen molar-refractivity contribution in [3.8, 4) is 0 Å². The minimum absolute atomic E-state index is 0.191. The average molecular weight is 205 g/mol. The van der Waals surface area contributed by atoms with Crippen molar-refractivity contribution in [2.24, 2.45) is 0 Å². The Morgan fingerprint density at radius 1 is 1.20 bits per heavy atom. The third-order valence-corrected chi connectivity index (χ3v) is 2.32. The maximum atomic E-state index is 5.39. The van der Waals surface area contributed by atoms with E-state index in [-0.39, 0.29) is 6.04 Å². The van der Waals surface area contributed by atoms with Crippen LogP contribution in [0.15, 0.2) is 45.6 Å². The van der Waals surface area contributed by atoms with Crippen LogP contribution in [0.2, 0.25) is 0 Å². The van der Waals surface area contributed by atoms with E-state index in [0.29, 0.717) is 0 Å². The van der Waals surface area contributed by atoms with Gasteiger partial charge in [0, 0.05) is 6.42 Å². The molecule has 1 unspecified atom stereocenters. The van der Waals surface area contributed by atoms with Crippen LogP contribution in [0.3, 0.4) is 0 Å². The van der Waals surface area contributed by atoms with E-state index in [0.717, 1.165) is 24.5 Å². The number of hydrogen-bond acceptors (Lipinski definition) is 3. The lowest BCUT2D eigenvalue weighted by molar-refractivity contribution is 0.390. The molecule has 0 saturated carbocycles. The molecule has 15 heavy (non-hydrogen) atoms. The second-order valence-electron chi connectivity index (χ2n) is 3.41. The molecule has 80 valence electrons. The van der Waals surface area contributed by atoms with Crippen LogP contribution in [0.25, 0.3) is 0 Å². The Morgan fingerprint density at radius 2 is 2.00 bits per heavy atom. The number of hydrogen-bond donors (Lipinski definition) is 1. The van der Waals surface area contributed by atoms with E-state index < -0.39 is 0 Å². The van der Waals surface area contributed by atoms with Gasteiger partial charge in [-0.3, -0.25) is 0 Å². The van der Waals surface area contributed by atoms with Gasteiger partial charge in [0.2, 0.25) is 0 Å². The number of rotatable bonds is 5. The van der Waals surface area contributed by atoms with Crippen LogP contribution in [0.4, 0.5) is 0 Å². The van der Waals surface area contributed by atoms with Gasteiger partial charge in [-0.05, 0) is 30.8 Å². The van der Waals surface area contributed by atoms with Gasteiger partial charge in [0.05, 0.1) is 18.6 Å². The van der Waals surface area contributed by atoms with Gasteiger partial charge >= 0.3 is 0 Å². The first-order chi connectivity index (χ1) is 7.40. The zero-order chi connectivity index (χ0) is 10.5. The number of furan rings is 2. The van der Waals surface area contributed by atoms with Crippen LogP contribution in [0.5, 0.6) is 0 Å². The topological polar surface area (TPSA) is 38.3 Å². The monoisotopic (exact) mass is 205 g/mol. The molecule has 3 heteroatoms. The first-order valence-electron chi connectivity index (χ1n) is 5.19. The summed E-state index contributed by atoms with van der Waals surface area (Å²) in [6.07, 6.45) is 4.20. The van der Waals surface area contributed by atoms with E-state index in [9.17, 15) is 0 Å². The molecule has 3 nitrogen and oxygen atoms in total. The fraction of sp³-hybridized carbons (Fsp3) is 0.333. The summed E-state index contributed by atoms with van der Waals surface area (Å²) >= 11 is 0. The summed E-state index contributed by atoms with van der Waals surface area (Å²) in [4.78, 5) is 0. The van der Waals surface area contributed by atoms with Crippen LogP contribution < -0.4 is 5.32 Å². The maximum Gasteiger partial charge on any atom is 0.121 e. The summed E-state index contributed by atoms with van der Waals surface area (Å²) in [5.74, 6) is 1.92. The van der Waals surface area contributed by atoms with E-state index in [4.69, 9.17) is 8.83 Å². The normalized spacial score (nSPS) is 12.9. The Hall–Kier alpha value is -1.48. The van der Waals surface area contributed by atoms with Gasteiger partial charge in [0.1, 0.15) is 11.5 Å². The Kier molecular flexibility index (Phi) is 3.25. The quantitative estimate of drug-likeness (QED) is 0.815. The standard InChI is InChI=1S/C12H15NO2/c1-2-13-11(12-6-4-8-15-12)9-10-5-3-7-14-10/h3-8,11,13H,2,9H2,1H3. The lowest BCUT2D eigenvalue weighted by Gasteiger charge is -2.13. The molecular weight excluding hydrogens is 190 g/mol. The molecule has 1 atom stereocenters. The molecule has 2 heterocycles. The number of nitrogens with one attached hydrogen (secondary N) is 1. The molecule has 0 saturated heterocycles. The van der Waals surface area contributed by atoms with Gasteiger partial charge in [0.25, 0.3) is 0 Å². The molecule has 0 spiro atoms. The van der Waals surface area contributed by atoms with Crippen LogP contribution in [0.1, 0.15) is 24.5 Å². The summed E-state index contributed by atoms with van der Waals surface area (Å²) in [5, 5.41) is 3.37. The smallest absolute Gasteiger partial charge is 0.121 e. The molecule has 2 rings (SSSR count). The highest BCUT2D eigenvalue weighted by Gasteiger charge is 2.14. The molecule has 0 amide bonds. The van der Waals surface area contributed by atoms with Gasteiger partial charge in [-0.2, -0.15) is 0 Å². The Balaban J connectivity index is 2.07. The lowest BCUT2D eigenvalue weighted by Crippen LogP contribution is -2.22. The van der Waals surface area contributed by atoms with E-state index >= 15 is 0 Å². The highest BCUT2D eigenvalue weighted by molar-refractivity contribution is 5.09. The third-order valence-electron chi connectivity index (χ3n) is 2.32. The molecule has 0 bridgehead atoms. The van der Waals surface area contributed by atoms with Crippen molar-refractivity contribution in [2.45, 2.75) is 19.4 Å². The third kappa shape index (κ3) is 2.50. The predicted molar refractivity (Wildman–Crippen MR) is 57.5 cm³/mol. The molecule has 0 fully saturated rings. The fourth-order valence-corrected chi connectivity index (χ4v) is 1.64. The average Bonchev–Trinajstić information content (AvgIpc) is 2.89. The van der Waals surface area contributed by atoms with Crippen LogP contribution in [-0.4, -0.2) is 6.54 Å². The van der Waals surface area contributed by atoms with Crippen molar-refractivity contribution < 1.29 is 8.83 Å². The van der Waals surface area contributed by atoms with Crippen LogP contribution >= 0.6 is 0 Å². The first kappa shape index (κ1) is 10.1. The Labute approximate surface area is 89.1 Å². The van der Waals surface area contributed by atoms with Crippen molar-refractivity contribution in [1.82, 2.24) is 5.32 Å². The van der Waals surface area contributed by atoms with E-state index in [1.165, 1.54) is 0 Å². The maximum absolute atomic E-state index is 5.39. The molecule has 1 N–H and O–H groups in total. The second-order valence-corrected chi connectivity index (χ2v) is 3.41. The Bertz CT molecular complexity index is 364. The minimum Gasteiger partial charge on any atom is -0.469 e. The number of likely N-dealkylation sites (N-methyl/N-ethyl adjacent to an activating group) is 1. The summed E-state index contributed by atoms with van der Waals surface area (Å²) < 4.78 is 10.7. The summed E-state index contributed by atoms with van der Waals surface area (Å²) in [6.45, 7) is 2.99. The molecule has 0 aliphatic heterocycles. The summed E-state index contributed by atoms with van der Waals surface area (Å²) in [7, 11) is 0. The zero-order valence-corrected chi connectivity index (χ0v) is 8.77. The van der Waals surface area contributed by atoms with Gasteiger partial charge < -0.3 is 14.2 Å². The highest BCUT2D eigenvalue weighted by Crippen LogP contribution is 2.18. The SMILES string of the molecule is CCNC(Cc1ccco1)c1ccco1. The van der Waals surface area contributed by atoms with Crippen LogP contribution in [0, 0.1) is 0 Å². The first-order valence-corrected chi connectivity index (χ1v) is 5.19. The van der Waals surface area contributed by atoms with Gasteiger partial charge in [-0.25, -0.2) is 0 Å². The molecule has 2 aromatic rings. The lowest BCUT2D eigenvalue weighted by atomic mass is 10.1. The molecule has 0 aliphatic rings. The van der Waals surface area contributed by atoms with Gasteiger partial charge in [-0.15, -0.1) is 0 Å². The van der Waals surface area contributed by atoms with E-state index in [1.54, 1.807) is 12.5 Å². The van der Waals surface area contributed by atoms with Gasteiger partial charge in [-0.1, -0.05) is 6.92 Å². The van der Waals surface area contributed by atoms with Crippen molar-refractivity contribution >= 4 is 0 Å². The van der Waals surface area contributed by atoms with Crippen molar-refractivity contribution in [3.05, 3.63) is 48.3 Å². The van der Waals surface area contributed by atoms with E-state index in [2.05, 4.69) is 12.2 Å². The van der Waals surface area contributed by atoms with Crippen molar-refractivity contribution in [2.75, 3.05) is 6.54 Å². The second kappa shape index (κ2) is 4.84. The molecular formula is C12H15NO2. The summed E-state index contributed by atoms with van der Waals surface area (Å²) in [5.41, 5.74) is 0. The fourth-order valence-electron chi connectivity index (χ4n) is 1.64. The summed E-state index contributed by atoms with van der Waals surface area (Å²) in [6, 6.07) is 7.96. The largest absolute Gasteiger partial charge is 0.469 e. The zero-order valence-electron chi connectivity index (χ0n) is 8.77. The van der Waals surface area contributed by atoms with Crippen LogP contribution in [-0.2, 0) is 6.42 Å². The Morgan fingerprint density at radius 3 is 2.60 bits per heavy atom. The molecule has 2 aromatic heterocycles. The molecule has 0 radical (unpaired) electrons. The highest BCUT2D eigenvalue weighted by atomic mass is 16.3. The van der Waals surface area contributed by atoms with Crippen molar-refractivity contribution in [1.29, 1.82) is 0 Å². The van der Waals surface area contributed by atoms with Gasteiger partial charge in [0.15, 0.2) is 0 Å². The molecule has 0 aliphatic carbocycles. The predicted octanol–water partition coefficient (Wildman–Crippen LogP) is 2.77. The molecule has 0 aromatic carbocycles.